The lowest BCUT2D eigenvalue weighted by Crippen LogP contribution is -2.60. The Balaban J connectivity index is 0.947. The van der Waals surface area contributed by atoms with Crippen LogP contribution in [0.2, 0.25) is 0 Å². The fourth-order valence-electron chi connectivity index (χ4n) is 10.3. The van der Waals surface area contributed by atoms with E-state index in [9.17, 15) is 48.3 Å². The fraction of sp³-hybridized carbons (Fsp3) is 0.741. The van der Waals surface area contributed by atoms with Gasteiger partial charge in [-0.25, -0.2) is 9.78 Å². The second-order valence-corrected chi connectivity index (χ2v) is 23.4. The summed E-state index contributed by atoms with van der Waals surface area (Å²) >= 11 is 1.88. The molecular weight excluding hydrogens is 1110 g/mol. The minimum atomic E-state index is -1.52. The summed E-state index contributed by atoms with van der Waals surface area (Å²) in [6.45, 7) is 8.06. The number of nitrogens with one attached hydrogen (secondary N) is 10. The highest BCUT2D eigenvalue weighted by atomic mass is 32.2. The number of ether oxygens (including phenoxy) is 3. The summed E-state index contributed by atoms with van der Waals surface area (Å²) in [5.74, 6) is -3.82. The Morgan fingerprint density at radius 3 is 2.23 bits per heavy atom. The van der Waals surface area contributed by atoms with Crippen molar-refractivity contribution in [2.75, 3.05) is 71.6 Å². The number of aliphatic hydroxyl groups excluding tert-OH is 1. The van der Waals surface area contributed by atoms with E-state index in [0.29, 0.717) is 114 Å². The van der Waals surface area contributed by atoms with E-state index in [4.69, 9.17) is 19.9 Å². The van der Waals surface area contributed by atoms with Crippen LogP contribution in [0, 0.1) is 5.92 Å². The molecule has 0 aliphatic carbocycles. The van der Waals surface area contributed by atoms with E-state index in [1.165, 1.54) is 24.3 Å². The number of fused-ring (bicyclic) bond motifs is 4. The molecule has 6 heterocycles. The van der Waals surface area contributed by atoms with Crippen molar-refractivity contribution in [2.24, 2.45) is 11.7 Å². The summed E-state index contributed by atoms with van der Waals surface area (Å²) < 4.78 is 18.5. The monoisotopic (exact) mass is 1200 g/mol. The Labute approximate surface area is 493 Å². The lowest BCUT2D eigenvalue weighted by molar-refractivity contribution is -0.140. The number of aryl methyl sites for hydroxylation is 1. The molecule has 3 fully saturated rings. The summed E-state index contributed by atoms with van der Waals surface area (Å²) in [7, 11) is 0. The van der Waals surface area contributed by atoms with E-state index in [2.05, 4.69) is 68.1 Å². The number of H-pyrrole nitrogens is 1. The molecule has 1 unspecified atom stereocenters. The van der Waals surface area contributed by atoms with Crippen molar-refractivity contribution in [3.63, 3.8) is 0 Å². The predicted octanol–water partition coefficient (Wildman–Crippen LogP) is -2.44. The standard InChI is InChI=1S/C54H88N16O13S/c1-33(2)25-39-51(77)62-40(27-35-28-56-32-60-35)50(76)59-29-45(73)70-18-8-12-42(70)52(78)61-38(11-6-7-17-69-30-36(67-68-69)26-37(55)48(74)65-46(34(3)71)53(79)63-39)49(75)58-16-10-20-82-22-24-83-23-21-81-19-9-15-57-44(72)14-5-4-13-43-47-41(31-84-43)64-54(80)66-47/h28,30,32-34,37-43,46-47,71H,4-27,29,31,55H2,1-3H3,(H,56,60)(H,57,72)(H,58,75)(H,59,76)(H,61,78)(H,62,77)(H,63,79)(H,65,74)(H2,64,66,80)/t34-,37-,38-,39-,40-,41+,42?,43+,46-,47+/m0/s1. The zero-order chi connectivity index (χ0) is 60.4. The molecule has 6 rings (SSSR count). The largest absolute Gasteiger partial charge is 0.391 e. The van der Waals surface area contributed by atoms with E-state index in [1.807, 2.05) is 25.6 Å². The number of hydrogen-bond donors (Lipinski definition) is 12. The van der Waals surface area contributed by atoms with Gasteiger partial charge in [0, 0.05) is 87.7 Å². The van der Waals surface area contributed by atoms with Crippen LogP contribution in [-0.2, 0) is 72.0 Å². The summed E-state index contributed by atoms with van der Waals surface area (Å²) in [6.07, 6.45) is 9.39. The molecule has 2 bridgehead atoms. The van der Waals surface area contributed by atoms with Crippen molar-refractivity contribution >= 4 is 65.1 Å². The van der Waals surface area contributed by atoms with Crippen LogP contribution >= 0.6 is 11.8 Å². The maximum Gasteiger partial charge on any atom is 0.315 e. The van der Waals surface area contributed by atoms with Gasteiger partial charge in [-0.2, -0.15) is 11.8 Å². The number of urea groups is 1. The number of imidazole rings is 1. The Morgan fingerprint density at radius 1 is 0.786 bits per heavy atom. The van der Waals surface area contributed by atoms with Gasteiger partial charge in [-0.05, 0) is 77.0 Å². The first-order valence-corrected chi connectivity index (χ1v) is 30.5. The smallest absolute Gasteiger partial charge is 0.315 e. The van der Waals surface area contributed by atoms with Crippen molar-refractivity contribution in [3.8, 4) is 0 Å². The minimum Gasteiger partial charge on any atom is -0.391 e. The summed E-state index contributed by atoms with van der Waals surface area (Å²) in [6, 6.07) is -6.83. The Hall–Kier alpha value is -6.47. The number of carbonyl (C=O) groups excluding carboxylic acids is 9. The van der Waals surface area contributed by atoms with Crippen molar-refractivity contribution in [1.29, 1.82) is 0 Å². The molecule has 10 atom stereocenters. The van der Waals surface area contributed by atoms with Crippen LogP contribution in [-0.4, -0.2) is 220 Å². The van der Waals surface area contributed by atoms with Gasteiger partial charge in [-0.3, -0.25) is 43.0 Å². The maximum atomic E-state index is 14.0. The van der Waals surface area contributed by atoms with E-state index in [1.54, 1.807) is 10.9 Å². The Bertz CT molecular complexity index is 2450. The SMILES string of the molecule is CC(C)C[C@@H]1NC(=O)[C@H]([C@H](C)O)NC(=O)[C@@H](N)Cc2cn(nn2)CCCC[C@@H](C(=O)NCCCOCCOCCOCCCNC(=O)CCCC[C@H]2SC[C@H]3NC(=O)N[C@H]32)NC(=O)C2CCCN2C(=O)CNC(=O)[C@H](Cc2cnc[nH]2)NC1=O. The molecule has 0 saturated carbocycles. The lowest BCUT2D eigenvalue weighted by atomic mass is 10.0. The summed E-state index contributed by atoms with van der Waals surface area (Å²) in [5, 5.41) is 44.4. The predicted molar refractivity (Wildman–Crippen MR) is 306 cm³/mol. The van der Waals surface area contributed by atoms with Gasteiger partial charge in [0.2, 0.25) is 47.3 Å². The number of unbranched alkanes of at least 4 members (excludes halogenated alkanes) is 1. The van der Waals surface area contributed by atoms with Gasteiger partial charge in [0.05, 0.1) is 69.2 Å². The number of amides is 10. The number of nitrogens with zero attached hydrogens (tertiary/aromatic N) is 5. The van der Waals surface area contributed by atoms with Crippen LogP contribution in [0.3, 0.4) is 0 Å². The van der Waals surface area contributed by atoms with Gasteiger partial charge in [0.1, 0.15) is 30.2 Å². The molecule has 3 saturated heterocycles. The van der Waals surface area contributed by atoms with Crippen LogP contribution in [0.1, 0.15) is 109 Å². The number of aromatic amines is 1. The molecule has 4 aliphatic heterocycles. The van der Waals surface area contributed by atoms with Crippen molar-refractivity contribution in [3.05, 3.63) is 30.1 Å². The van der Waals surface area contributed by atoms with Gasteiger partial charge >= 0.3 is 6.03 Å². The fourth-order valence-corrected chi connectivity index (χ4v) is 11.8. The molecule has 30 heteroatoms. The molecule has 4 aliphatic rings. The molecule has 0 spiro atoms. The molecule has 0 aromatic carbocycles. The topological polar surface area (TPSA) is 398 Å². The minimum absolute atomic E-state index is 0.0247. The molecule has 2 aromatic heterocycles. The quantitative estimate of drug-likeness (QED) is 0.0363. The third kappa shape index (κ3) is 22.2. The lowest BCUT2D eigenvalue weighted by Gasteiger charge is -2.28. The van der Waals surface area contributed by atoms with Crippen molar-refractivity contribution < 1.29 is 62.5 Å². The molecule has 84 heavy (non-hydrogen) atoms. The normalized spacial score (nSPS) is 25.5. The van der Waals surface area contributed by atoms with E-state index in [0.717, 1.165) is 25.0 Å². The molecule has 2 aromatic rings. The van der Waals surface area contributed by atoms with E-state index < -0.39 is 90.3 Å². The maximum absolute atomic E-state index is 14.0. The van der Waals surface area contributed by atoms with Gasteiger partial charge in [-0.15, -0.1) is 5.10 Å². The first-order valence-electron chi connectivity index (χ1n) is 29.5. The van der Waals surface area contributed by atoms with Crippen molar-refractivity contribution in [1.82, 2.24) is 77.7 Å². The first-order chi connectivity index (χ1) is 40.4. The van der Waals surface area contributed by atoms with Crippen LogP contribution in [0.5, 0.6) is 0 Å². The van der Waals surface area contributed by atoms with Crippen LogP contribution in [0.15, 0.2) is 18.7 Å². The van der Waals surface area contributed by atoms with Gasteiger partial charge < -0.3 is 82.8 Å². The van der Waals surface area contributed by atoms with Crippen LogP contribution in [0.25, 0.3) is 0 Å². The van der Waals surface area contributed by atoms with Gasteiger partial charge in [-0.1, -0.05) is 25.5 Å². The van der Waals surface area contributed by atoms with Crippen LogP contribution < -0.4 is 53.6 Å². The average molecular weight is 1200 g/mol. The number of thioether (sulfide) groups is 1. The zero-order valence-electron chi connectivity index (χ0n) is 48.5. The first kappa shape index (κ1) is 66.7. The van der Waals surface area contributed by atoms with E-state index in [-0.39, 0.29) is 68.7 Å². The highest BCUT2D eigenvalue weighted by molar-refractivity contribution is 8.00. The highest BCUT2D eigenvalue weighted by Gasteiger charge is 2.43. The highest BCUT2D eigenvalue weighted by Crippen LogP contribution is 2.33. The summed E-state index contributed by atoms with van der Waals surface area (Å²) in [4.78, 5) is 129. The second-order valence-electron chi connectivity index (χ2n) is 22.1. The molecule has 468 valence electrons. The molecule has 13 N–H and O–H groups in total. The van der Waals surface area contributed by atoms with Gasteiger partial charge in [0.15, 0.2) is 0 Å². The van der Waals surface area contributed by atoms with Crippen LogP contribution in [0.4, 0.5) is 4.79 Å². The Morgan fingerprint density at radius 2 is 1.51 bits per heavy atom. The number of nitrogens with two attached hydrogens (primary N) is 1. The molecule has 0 radical (unpaired) electrons. The van der Waals surface area contributed by atoms with Crippen molar-refractivity contribution in [2.45, 2.75) is 177 Å². The summed E-state index contributed by atoms with van der Waals surface area (Å²) in [5.41, 5.74) is 7.11. The molecule has 10 amide bonds. The average Bonchev–Trinajstić information content (AvgIpc) is 4.04. The number of hydrogen-bond acceptors (Lipinski definition) is 18. The van der Waals surface area contributed by atoms with E-state index >= 15 is 0 Å². The Kier molecular flexibility index (Phi) is 27.9. The zero-order valence-corrected chi connectivity index (χ0v) is 49.4. The molecule has 29 nitrogen and oxygen atoms in total. The number of aliphatic hydroxyl groups is 1. The third-order valence-corrected chi connectivity index (χ3v) is 16.3. The second kappa shape index (κ2) is 35.1. The number of carbonyl (C=O) groups is 9. The molecular formula is C54H88N16O13S. The third-order valence-electron chi connectivity index (χ3n) is 14.8. The number of rotatable bonds is 25. The van der Waals surface area contributed by atoms with Gasteiger partial charge in [0.25, 0.3) is 0 Å². The number of aromatic nitrogens is 5.